The Bertz CT molecular complexity index is 351. The molecule has 0 spiro atoms. The number of aryl methyl sites for hydroxylation is 1. The molecule has 0 fully saturated rings. The Morgan fingerprint density at radius 2 is 2.20 bits per heavy atom. The normalized spacial score (nSPS) is 10.0. The van der Waals surface area contributed by atoms with Gasteiger partial charge in [-0.15, -0.1) is 0 Å². The van der Waals surface area contributed by atoms with Crippen molar-refractivity contribution < 1.29 is 14.7 Å². The SMILES string of the molecule is CCCOOc1cc(C)ccc1[N+](=O)[O-]. The summed E-state index contributed by atoms with van der Waals surface area (Å²) in [4.78, 5) is 19.8. The third-order valence-corrected chi connectivity index (χ3v) is 1.75. The molecule has 0 saturated heterocycles. The quantitative estimate of drug-likeness (QED) is 0.325. The molecule has 1 rings (SSSR count). The number of benzene rings is 1. The van der Waals surface area contributed by atoms with Crippen molar-refractivity contribution in [3.05, 3.63) is 33.9 Å². The highest BCUT2D eigenvalue weighted by atomic mass is 17.2. The summed E-state index contributed by atoms with van der Waals surface area (Å²) in [5, 5.41) is 10.6. The third kappa shape index (κ3) is 3.21. The number of hydrogen-bond donors (Lipinski definition) is 0. The van der Waals surface area contributed by atoms with E-state index in [0.717, 1.165) is 12.0 Å². The van der Waals surface area contributed by atoms with Crippen molar-refractivity contribution in [2.75, 3.05) is 6.61 Å². The van der Waals surface area contributed by atoms with E-state index >= 15 is 0 Å². The molecule has 15 heavy (non-hydrogen) atoms. The molecule has 0 N–H and O–H groups in total. The van der Waals surface area contributed by atoms with Gasteiger partial charge in [0.15, 0.2) is 0 Å². The molecule has 0 bridgehead atoms. The van der Waals surface area contributed by atoms with E-state index in [4.69, 9.17) is 9.78 Å². The van der Waals surface area contributed by atoms with Crippen molar-refractivity contribution >= 4 is 5.69 Å². The number of nitro benzene ring substituents is 1. The molecule has 0 aliphatic carbocycles. The van der Waals surface area contributed by atoms with Gasteiger partial charge in [-0.2, -0.15) is 4.89 Å². The zero-order valence-corrected chi connectivity index (χ0v) is 8.73. The fraction of sp³-hybridized carbons (Fsp3) is 0.400. The Morgan fingerprint density at radius 3 is 2.80 bits per heavy atom. The van der Waals surface area contributed by atoms with Crippen LogP contribution in [0.15, 0.2) is 18.2 Å². The Morgan fingerprint density at radius 1 is 1.47 bits per heavy atom. The summed E-state index contributed by atoms with van der Waals surface area (Å²) in [6.45, 7) is 4.16. The van der Waals surface area contributed by atoms with E-state index < -0.39 is 4.92 Å². The lowest BCUT2D eigenvalue weighted by Gasteiger charge is -2.04. The van der Waals surface area contributed by atoms with Crippen LogP contribution in [0.25, 0.3) is 0 Å². The molecule has 1 aromatic rings. The highest BCUT2D eigenvalue weighted by Gasteiger charge is 2.15. The maximum absolute atomic E-state index is 10.6. The van der Waals surface area contributed by atoms with Gasteiger partial charge in [0.1, 0.15) is 0 Å². The molecule has 0 atom stereocenters. The molecule has 0 aromatic heterocycles. The minimum Gasteiger partial charge on any atom is -0.330 e. The van der Waals surface area contributed by atoms with E-state index in [1.54, 1.807) is 12.1 Å². The maximum atomic E-state index is 10.6. The van der Waals surface area contributed by atoms with Gasteiger partial charge in [0.25, 0.3) is 0 Å². The van der Waals surface area contributed by atoms with Crippen molar-refractivity contribution in [3.63, 3.8) is 0 Å². The summed E-state index contributed by atoms with van der Waals surface area (Å²) in [7, 11) is 0. The highest BCUT2D eigenvalue weighted by Crippen LogP contribution is 2.27. The topological polar surface area (TPSA) is 61.6 Å². The van der Waals surface area contributed by atoms with Crippen molar-refractivity contribution in [1.82, 2.24) is 0 Å². The Labute approximate surface area is 87.7 Å². The molecule has 0 aliphatic rings. The largest absolute Gasteiger partial charge is 0.330 e. The maximum Gasteiger partial charge on any atom is 0.315 e. The van der Waals surface area contributed by atoms with Gasteiger partial charge in [-0.3, -0.25) is 10.1 Å². The van der Waals surface area contributed by atoms with Gasteiger partial charge in [-0.05, 0) is 25.0 Å². The average molecular weight is 211 g/mol. The summed E-state index contributed by atoms with van der Waals surface area (Å²) in [6, 6.07) is 4.64. The van der Waals surface area contributed by atoms with E-state index in [1.807, 2.05) is 13.8 Å². The minimum atomic E-state index is -0.496. The lowest BCUT2D eigenvalue weighted by molar-refractivity contribution is -0.388. The first-order valence-electron chi connectivity index (χ1n) is 4.69. The molecule has 5 heteroatoms. The van der Waals surface area contributed by atoms with Crippen LogP contribution in [-0.4, -0.2) is 11.5 Å². The lowest BCUT2D eigenvalue weighted by atomic mass is 10.2. The van der Waals surface area contributed by atoms with E-state index in [1.165, 1.54) is 6.07 Å². The van der Waals surface area contributed by atoms with Gasteiger partial charge in [-0.25, -0.2) is 0 Å². The lowest BCUT2D eigenvalue weighted by Crippen LogP contribution is -2.01. The second-order valence-corrected chi connectivity index (χ2v) is 3.13. The smallest absolute Gasteiger partial charge is 0.315 e. The van der Waals surface area contributed by atoms with Crippen molar-refractivity contribution in [1.29, 1.82) is 0 Å². The molecule has 1 aromatic carbocycles. The van der Waals surface area contributed by atoms with E-state index in [2.05, 4.69) is 0 Å². The number of nitrogens with zero attached hydrogens (tertiary/aromatic N) is 1. The molecular formula is C10H13NO4. The summed E-state index contributed by atoms with van der Waals surface area (Å²) < 4.78 is 0. The van der Waals surface area contributed by atoms with Gasteiger partial charge in [-0.1, -0.05) is 13.0 Å². The van der Waals surface area contributed by atoms with E-state index in [9.17, 15) is 10.1 Å². The second kappa shape index (κ2) is 5.31. The van der Waals surface area contributed by atoms with Gasteiger partial charge in [0.2, 0.25) is 5.75 Å². The monoisotopic (exact) mass is 211 g/mol. The van der Waals surface area contributed by atoms with Crippen LogP contribution in [0.4, 0.5) is 5.69 Å². The minimum absolute atomic E-state index is 0.0864. The van der Waals surface area contributed by atoms with Crippen LogP contribution in [0.5, 0.6) is 5.75 Å². The van der Waals surface area contributed by atoms with Gasteiger partial charge >= 0.3 is 5.69 Å². The first-order valence-corrected chi connectivity index (χ1v) is 4.69. The predicted molar refractivity (Wildman–Crippen MR) is 54.7 cm³/mol. The van der Waals surface area contributed by atoms with Gasteiger partial charge < -0.3 is 4.89 Å². The van der Waals surface area contributed by atoms with Gasteiger partial charge in [0, 0.05) is 6.07 Å². The van der Waals surface area contributed by atoms with Crippen LogP contribution in [0.2, 0.25) is 0 Å². The molecule has 82 valence electrons. The number of hydrogen-bond acceptors (Lipinski definition) is 4. The van der Waals surface area contributed by atoms with Crippen molar-refractivity contribution in [2.45, 2.75) is 20.3 Å². The zero-order chi connectivity index (χ0) is 11.3. The fourth-order valence-corrected chi connectivity index (χ4v) is 1.03. The van der Waals surface area contributed by atoms with Crippen LogP contribution in [0.1, 0.15) is 18.9 Å². The van der Waals surface area contributed by atoms with Crippen LogP contribution in [0.3, 0.4) is 0 Å². The first kappa shape index (κ1) is 11.5. The number of nitro groups is 1. The molecule has 0 saturated carbocycles. The van der Waals surface area contributed by atoms with Crippen LogP contribution in [0, 0.1) is 17.0 Å². The second-order valence-electron chi connectivity index (χ2n) is 3.13. The zero-order valence-electron chi connectivity index (χ0n) is 8.73. The number of rotatable bonds is 5. The Hall–Kier alpha value is -1.62. The van der Waals surface area contributed by atoms with E-state index in [0.29, 0.717) is 6.61 Å². The van der Waals surface area contributed by atoms with Crippen molar-refractivity contribution in [3.8, 4) is 5.75 Å². The summed E-state index contributed by atoms with van der Waals surface area (Å²) >= 11 is 0. The molecule has 0 radical (unpaired) electrons. The van der Waals surface area contributed by atoms with Gasteiger partial charge in [0.05, 0.1) is 11.5 Å². The molecule has 0 heterocycles. The Balaban J connectivity index is 2.82. The Kier molecular flexibility index (Phi) is 4.05. The molecule has 0 unspecified atom stereocenters. The first-order chi connectivity index (χ1) is 7.15. The standard InChI is InChI=1S/C10H13NO4/c1-3-6-14-15-10-7-8(2)4-5-9(10)11(12)13/h4-5,7H,3,6H2,1-2H3. The van der Waals surface area contributed by atoms with Crippen LogP contribution in [-0.2, 0) is 4.89 Å². The summed E-state index contributed by atoms with van der Waals surface area (Å²) in [5.74, 6) is 0.147. The van der Waals surface area contributed by atoms with Crippen molar-refractivity contribution in [2.24, 2.45) is 0 Å². The molecule has 0 aliphatic heterocycles. The summed E-state index contributed by atoms with van der Waals surface area (Å²) in [6.07, 6.45) is 0.791. The van der Waals surface area contributed by atoms with Crippen LogP contribution < -0.4 is 4.89 Å². The summed E-state index contributed by atoms with van der Waals surface area (Å²) in [5.41, 5.74) is 0.799. The van der Waals surface area contributed by atoms with Crippen LogP contribution >= 0.6 is 0 Å². The molecule has 5 nitrogen and oxygen atoms in total. The molecule has 0 amide bonds. The van der Waals surface area contributed by atoms with E-state index in [-0.39, 0.29) is 11.4 Å². The molecular weight excluding hydrogens is 198 g/mol. The average Bonchev–Trinajstić information content (AvgIpc) is 2.18. The fourth-order valence-electron chi connectivity index (χ4n) is 1.03. The third-order valence-electron chi connectivity index (χ3n) is 1.75. The highest BCUT2D eigenvalue weighted by molar-refractivity contribution is 5.47. The predicted octanol–water partition coefficient (Wildman–Crippen LogP) is 2.62.